The van der Waals surface area contributed by atoms with Crippen LogP contribution in [0.2, 0.25) is 0 Å². The van der Waals surface area contributed by atoms with E-state index < -0.39 is 26.7 Å². The van der Waals surface area contributed by atoms with E-state index in [0.29, 0.717) is 29.6 Å². The van der Waals surface area contributed by atoms with Crippen molar-refractivity contribution in [3.05, 3.63) is 52.4 Å². The van der Waals surface area contributed by atoms with E-state index >= 15 is 0 Å². The molecular weight excluding hydrogens is 456 g/mol. The fourth-order valence-corrected chi connectivity index (χ4v) is 6.00. The van der Waals surface area contributed by atoms with Crippen molar-refractivity contribution in [2.75, 3.05) is 18.5 Å². The molecule has 176 valence electrons. The van der Waals surface area contributed by atoms with Crippen LogP contribution in [-0.4, -0.2) is 52.1 Å². The Balaban J connectivity index is 1.51. The summed E-state index contributed by atoms with van der Waals surface area (Å²) in [6, 6.07) is 7.44. The number of ether oxygens (including phenoxy) is 1. The molecular formula is C24H24N4O5S. The Morgan fingerprint density at radius 2 is 2.03 bits per heavy atom. The van der Waals surface area contributed by atoms with Crippen LogP contribution in [0.15, 0.2) is 46.2 Å². The Hall–Kier alpha value is -3.26. The van der Waals surface area contributed by atoms with E-state index in [1.165, 1.54) is 16.7 Å². The zero-order valence-electron chi connectivity index (χ0n) is 18.6. The molecule has 9 nitrogen and oxygen atoms in total. The molecule has 34 heavy (non-hydrogen) atoms. The number of rotatable bonds is 5. The zero-order chi connectivity index (χ0) is 24.1. The van der Waals surface area contributed by atoms with Crippen LogP contribution < -0.4 is 10.9 Å². The topological polar surface area (TPSA) is 123 Å². The third-order valence-corrected chi connectivity index (χ3v) is 8.68. The molecule has 1 saturated heterocycles. The van der Waals surface area contributed by atoms with Gasteiger partial charge in [0.1, 0.15) is 10.9 Å². The number of sulfone groups is 1. The van der Waals surface area contributed by atoms with E-state index in [9.17, 15) is 18.3 Å². The number of nitrogens with zero attached hydrogens (tertiary/aromatic N) is 3. The second-order valence-corrected chi connectivity index (χ2v) is 11.2. The fourth-order valence-electron chi connectivity index (χ4n) is 4.55. The van der Waals surface area contributed by atoms with Gasteiger partial charge in [-0.3, -0.25) is 9.36 Å². The summed E-state index contributed by atoms with van der Waals surface area (Å²) in [7, 11) is -3.42. The van der Waals surface area contributed by atoms with Gasteiger partial charge in [0.25, 0.3) is 5.56 Å². The summed E-state index contributed by atoms with van der Waals surface area (Å²) in [5.74, 6) is 2.65. The van der Waals surface area contributed by atoms with Crippen LogP contribution in [0.25, 0.3) is 11.0 Å². The predicted molar refractivity (Wildman–Crippen MR) is 127 cm³/mol. The molecule has 0 radical (unpaired) electrons. The summed E-state index contributed by atoms with van der Waals surface area (Å²) in [5.41, 5.74) is -0.285. The molecule has 10 heteroatoms. The van der Waals surface area contributed by atoms with Gasteiger partial charge in [0.05, 0.1) is 35.3 Å². The lowest BCUT2D eigenvalue weighted by molar-refractivity contribution is 0.0266. The first-order valence-corrected chi connectivity index (χ1v) is 12.6. The highest BCUT2D eigenvalue weighted by Gasteiger charge is 2.40. The Bertz CT molecular complexity index is 1470. The quantitative estimate of drug-likeness (QED) is 0.533. The van der Waals surface area contributed by atoms with E-state index in [1.54, 1.807) is 31.3 Å². The number of aromatic nitrogens is 3. The standard InChI is InChI=1S/C24H24N4O5S/c1-3-15-11-16-12-25-23(27-21(16)28(22(15)29)20-5-4-10-24(20,2)30)26-17-6-8-18(9-7-17)34(31,32)19-13-33-14-19/h1,6-9,11-12,19-20,30H,4-5,10,13-14H2,2H3,(H,25,26,27)/t20-,24-/m1/s1. The van der Waals surface area contributed by atoms with Crippen LogP contribution >= 0.6 is 0 Å². The highest BCUT2D eigenvalue weighted by atomic mass is 32.2. The number of pyridine rings is 1. The summed E-state index contributed by atoms with van der Waals surface area (Å²) < 4.78 is 31.6. The third kappa shape index (κ3) is 3.76. The van der Waals surface area contributed by atoms with Gasteiger partial charge in [-0.2, -0.15) is 4.98 Å². The molecule has 0 unspecified atom stereocenters. The average Bonchev–Trinajstić information content (AvgIpc) is 3.11. The molecule has 2 N–H and O–H groups in total. The van der Waals surface area contributed by atoms with Crippen molar-refractivity contribution in [2.45, 2.75) is 48.0 Å². The van der Waals surface area contributed by atoms with Crippen molar-refractivity contribution in [1.29, 1.82) is 0 Å². The van der Waals surface area contributed by atoms with Gasteiger partial charge in [0.15, 0.2) is 9.84 Å². The van der Waals surface area contributed by atoms with Crippen molar-refractivity contribution in [3.8, 4) is 12.3 Å². The van der Waals surface area contributed by atoms with Crippen LogP contribution in [-0.2, 0) is 14.6 Å². The van der Waals surface area contributed by atoms with Crippen LogP contribution in [0.4, 0.5) is 11.6 Å². The molecule has 2 atom stereocenters. The smallest absolute Gasteiger partial charge is 0.268 e. The van der Waals surface area contributed by atoms with Crippen molar-refractivity contribution in [3.63, 3.8) is 0 Å². The molecule has 2 aromatic heterocycles. The Labute approximate surface area is 196 Å². The van der Waals surface area contributed by atoms with Gasteiger partial charge < -0.3 is 15.2 Å². The van der Waals surface area contributed by atoms with Crippen molar-refractivity contribution in [2.24, 2.45) is 0 Å². The first-order chi connectivity index (χ1) is 16.2. The second-order valence-electron chi connectivity index (χ2n) is 8.97. The summed E-state index contributed by atoms with van der Waals surface area (Å²) in [5, 5.41) is 14.0. The Kier molecular flexibility index (Phi) is 5.43. The molecule has 1 aromatic carbocycles. The van der Waals surface area contributed by atoms with Gasteiger partial charge in [0, 0.05) is 17.3 Å². The molecule has 2 fully saturated rings. The maximum atomic E-state index is 13.1. The number of benzene rings is 1. The van der Waals surface area contributed by atoms with Crippen LogP contribution in [0.5, 0.6) is 0 Å². The average molecular weight is 481 g/mol. The van der Waals surface area contributed by atoms with Crippen molar-refractivity contribution >= 4 is 32.5 Å². The highest BCUT2D eigenvalue weighted by molar-refractivity contribution is 7.92. The minimum atomic E-state index is -3.42. The van der Waals surface area contributed by atoms with Gasteiger partial charge in [-0.25, -0.2) is 13.4 Å². The monoisotopic (exact) mass is 480 g/mol. The molecule has 1 aliphatic carbocycles. The van der Waals surface area contributed by atoms with Gasteiger partial charge in [-0.05, 0) is 56.5 Å². The molecule has 0 bridgehead atoms. The van der Waals surface area contributed by atoms with Gasteiger partial charge in [0.2, 0.25) is 5.95 Å². The van der Waals surface area contributed by atoms with Crippen LogP contribution in [0.1, 0.15) is 37.8 Å². The van der Waals surface area contributed by atoms with Crippen LogP contribution in [0, 0.1) is 12.3 Å². The third-order valence-electron chi connectivity index (χ3n) is 6.60. The first-order valence-electron chi connectivity index (χ1n) is 11.0. The van der Waals surface area contributed by atoms with E-state index in [4.69, 9.17) is 11.2 Å². The molecule has 5 rings (SSSR count). The number of aliphatic hydroxyl groups is 1. The molecule has 3 aromatic rings. The lowest BCUT2D eigenvalue weighted by atomic mass is 9.99. The molecule has 1 aliphatic heterocycles. The highest BCUT2D eigenvalue weighted by Crippen LogP contribution is 2.39. The minimum Gasteiger partial charge on any atom is -0.388 e. The number of terminal acetylenes is 1. The number of nitrogens with one attached hydrogen (secondary N) is 1. The Morgan fingerprint density at radius 1 is 1.29 bits per heavy atom. The maximum Gasteiger partial charge on any atom is 0.268 e. The molecule has 0 spiro atoms. The summed E-state index contributed by atoms with van der Waals surface area (Å²) >= 11 is 0. The van der Waals surface area contributed by atoms with Crippen molar-refractivity contribution < 1.29 is 18.3 Å². The number of hydrogen-bond donors (Lipinski definition) is 2. The summed E-state index contributed by atoms with van der Waals surface area (Å²) in [4.78, 5) is 22.3. The van der Waals surface area contributed by atoms with E-state index in [-0.39, 0.29) is 35.2 Å². The lowest BCUT2D eigenvalue weighted by Gasteiger charge is -2.28. The molecule has 2 aliphatic rings. The lowest BCUT2D eigenvalue weighted by Crippen LogP contribution is -2.40. The van der Waals surface area contributed by atoms with Gasteiger partial charge in [-0.15, -0.1) is 6.42 Å². The van der Waals surface area contributed by atoms with E-state index in [1.807, 2.05) is 0 Å². The first kappa shape index (κ1) is 22.5. The molecule has 1 saturated carbocycles. The van der Waals surface area contributed by atoms with Gasteiger partial charge in [-0.1, -0.05) is 5.92 Å². The molecule has 0 amide bonds. The normalized spacial score (nSPS) is 22.9. The maximum absolute atomic E-state index is 13.1. The summed E-state index contributed by atoms with van der Waals surface area (Å²) in [6.07, 6.45) is 9.11. The summed E-state index contributed by atoms with van der Waals surface area (Å²) in [6.45, 7) is 2.14. The predicted octanol–water partition coefficient (Wildman–Crippen LogP) is 2.16. The van der Waals surface area contributed by atoms with Crippen LogP contribution in [0.3, 0.4) is 0 Å². The van der Waals surface area contributed by atoms with Crippen molar-refractivity contribution in [1.82, 2.24) is 14.5 Å². The minimum absolute atomic E-state index is 0.188. The SMILES string of the molecule is C#Cc1cc2cnc(Nc3ccc(S(=O)(=O)C4COC4)cc3)nc2n([C@@H]2CCC[C@@]2(C)O)c1=O. The van der Waals surface area contributed by atoms with Gasteiger partial charge >= 0.3 is 0 Å². The Morgan fingerprint density at radius 3 is 2.62 bits per heavy atom. The molecule has 3 heterocycles. The largest absolute Gasteiger partial charge is 0.388 e. The number of fused-ring (bicyclic) bond motifs is 1. The second kappa shape index (κ2) is 8.20. The fraction of sp³-hybridized carbons (Fsp3) is 0.375. The number of anilines is 2. The van der Waals surface area contributed by atoms with E-state index in [0.717, 1.165) is 6.42 Å². The zero-order valence-corrected chi connectivity index (χ0v) is 19.4. The van der Waals surface area contributed by atoms with E-state index in [2.05, 4.69) is 21.2 Å². The number of hydrogen-bond acceptors (Lipinski definition) is 8.